The Hall–Kier alpha value is -0.760. The number of alkyl halides is 1. The van der Waals surface area contributed by atoms with E-state index in [9.17, 15) is 0 Å². The molecule has 1 aromatic heterocycles. The maximum Gasteiger partial charge on any atom is 0.0400 e. The van der Waals surface area contributed by atoms with Crippen LogP contribution in [0.5, 0.6) is 0 Å². The van der Waals surface area contributed by atoms with Gasteiger partial charge in [0, 0.05) is 30.5 Å². The standard InChI is InChI=1S/C12H19ClN2/c1-10-8-14-7-4-11(10)15-9-12(2,3)5-6-13/h4,7-8H,5-6,9H2,1-3H3,(H,14,15). The van der Waals surface area contributed by atoms with Crippen LogP contribution in [0.15, 0.2) is 18.5 Å². The van der Waals surface area contributed by atoms with Gasteiger partial charge in [-0.25, -0.2) is 0 Å². The van der Waals surface area contributed by atoms with Crippen LogP contribution in [0.1, 0.15) is 25.8 Å². The number of aryl methyl sites for hydroxylation is 1. The lowest BCUT2D eigenvalue weighted by Gasteiger charge is -2.24. The average molecular weight is 227 g/mol. The van der Waals surface area contributed by atoms with Gasteiger partial charge in [0.15, 0.2) is 0 Å². The van der Waals surface area contributed by atoms with Crippen molar-refractivity contribution in [3.05, 3.63) is 24.0 Å². The van der Waals surface area contributed by atoms with Crippen LogP contribution in [0.3, 0.4) is 0 Å². The quantitative estimate of drug-likeness (QED) is 0.778. The zero-order chi connectivity index (χ0) is 11.3. The second kappa shape index (κ2) is 5.36. The summed E-state index contributed by atoms with van der Waals surface area (Å²) in [5.74, 6) is 0.712. The molecule has 0 unspecified atom stereocenters. The molecule has 0 bridgehead atoms. The van der Waals surface area contributed by atoms with E-state index in [1.165, 1.54) is 5.56 Å². The number of halogens is 1. The highest BCUT2D eigenvalue weighted by Crippen LogP contribution is 2.22. The minimum atomic E-state index is 0.234. The van der Waals surface area contributed by atoms with E-state index in [0.717, 1.165) is 18.7 Å². The molecule has 0 saturated carbocycles. The van der Waals surface area contributed by atoms with Crippen molar-refractivity contribution in [2.45, 2.75) is 27.2 Å². The molecule has 0 aliphatic carbocycles. The summed E-state index contributed by atoms with van der Waals surface area (Å²) in [4.78, 5) is 4.06. The van der Waals surface area contributed by atoms with E-state index in [-0.39, 0.29) is 5.41 Å². The highest BCUT2D eigenvalue weighted by atomic mass is 35.5. The first-order chi connectivity index (χ1) is 7.05. The van der Waals surface area contributed by atoms with Gasteiger partial charge in [0.2, 0.25) is 0 Å². The molecule has 3 heteroatoms. The number of nitrogens with one attached hydrogen (secondary N) is 1. The predicted molar refractivity (Wildman–Crippen MR) is 66.6 cm³/mol. The Bertz CT molecular complexity index is 310. The molecule has 0 fully saturated rings. The summed E-state index contributed by atoms with van der Waals surface area (Å²) in [5, 5.41) is 3.44. The minimum Gasteiger partial charge on any atom is -0.384 e. The molecule has 2 nitrogen and oxygen atoms in total. The summed E-state index contributed by atoms with van der Waals surface area (Å²) < 4.78 is 0. The summed E-state index contributed by atoms with van der Waals surface area (Å²) in [5.41, 5.74) is 2.57. The Morgan fingerprint density at radius 1 is 1.47 bits per heavy atom. The van der Waals surface area contributed by atoms with Gasteiger partial charge in [-0.05, 0) is 30.4 Å². The van der Waals surface area contributed by atoms with Crippen molar-refractivity contribution < 1.29 is 0 Å². The maximum atomic E-state index is 5.76. The normalized spacial score (nSPS) is 11.5. The van der Waals surface area contributed by atoms with Gasteiger partial charge in [-0.3, -0.25) is 4.98 Å². The van der Waals surface area contributed by atoms with Crippen molar-refractivity contribution in [3.8, 4) is 0 Å². The lowest BCUT2D eigenvalue weighted by molar-refractivity contribution is 0.379. The highest BCUT2D eigenvalue weighted by molar-refractivity contribution is 6.17. The van der Waals surface area contributed by atoms with Crippen LogP contribution in [0, 0.1) is 12.3 Å². The van der Waals surface area contributed by atoms with Gasteiger partial charge in [-0.1, -0.05) is 13.8 Å². The second-order valence-electron chi connectivity index (χ2n) is 4.65. The lowest BCUT2D eigenvalue weighted by Crippen LogP contribution is -2.23. The topological polar surface area (TPSA) is 24.9 Å². The average Bonchev–Trinajstić information content (AvgIpc) is 2.16. The number of nitrogens with zero attached hydrogens (tertiary/aromatic N) is 1. The van der Waals surface area contributed by atoms with E-state index in [0.29, 0.717) is 5.88 Å². The first-order valence-electron chi connectivity index (χ1n) is 5.26. The molecule has 15 heavy (non-hydrogen) atoms. The van der Waals surface area contributed by atoms with E-state index >= 15 is 0 Å². The fourth-order valence-corrected chi connectivity index (χ4v) is 1.86. The molecule has 0 aromatic carbocycles. The number of hydrogen-bond donors (Lipinski definition) is 1. The Kier molecular flexibility index (Phi) is 4.40. The van der Waals surface area contributed by atoms with Gasteiger partial charge in [-0.15, -0.1) is 11.6 Å². The summed E-state index contributed by atoms with van der Waals surface area (Å²) in [7, 11) is 0. The molecule has 1 aromatic rings. The number of hydrogen-bond acceptors (Lipinski definition) is 2. The molecular formula is C12H19ClN2. The van der Waals surface area contributed by atoms with Crippen LogP contribution in [0.25, 0.3) is 0 Å². The van der Waals surface area contributed by atoms with Gasteiger partial charge < -0.3 is 5.32 Å². The molecule has 0 radical (unpaired) electrons. The third-order valence-corrected chi connectivity index (χ3v) is 2.74. The first-order valence-corrected chi connectivity index (χ1v) is 5.79. The summed E-state index contributed by atoms with van der Waals surface area (Å²) in [6, 6.07) is 2.01. The van der Waals surface area contributed by atoms with Crippen LogP contribution in [0.4, 0.5) is 5.69 Å². The molecular weight excluding hydrogens is 208 g/mol. The smallest absolute Gasteiger partial charge is 0.0400 e. The Balaban J connectivity index is 2.53. The first kappa shape index (κ1) is 12.3. The Morgan fingerprint density at radius 2 is 2.20 bits per heavy atom. The summed E-state index contributed by atoms with van der Waals surface area (Å²) in [6.07, 6.45) is 4.70. The fourth-order valence-electron chi connectivity index (χ4n) is 1.35. The van der Waals surface area contributed by atoms with E-state index in [1.807, 2.05) is 18.5 Å². The third-order valence-electron chi connectivity index (χ3n) is 2.55. The minimum absolute atomic E-state index is 0.234. The van der Waals surface area contributed by atoms with E-state index in [1.54, 1.807) is 0 Å². The lowest BCUT2D eigenvalue weighted by atomic mass is 9.90. The van der Waals surface area contributed by atoms with E-state index < -0.39 is 0 Å². The molecule has 1 rings (SSSR count). The SMILES string of the molecule is Cc1cnccc1NCC(C)(C)CCCl. The summed E-state index contributed by atoms with van der Waals surface area (Å²) in [6.45, 7) is 7.44. The van der Waals surface area contributed by atoms with Crippen molar-refractivity contribution in [2.24, 2.45) is 5.41 Å². The van der Waals surface area contributed by atoms with E-state index in [4.69, 9.17) is 11.6 Å². The van der Waals surface area contributed by atoms with Crippen molar-refractivity contribution in [2.75, 3.05) is 17.7 Å². The van der Waals surface area contributed by atoms with Crippen molar-refractivity contribution >= 4 is 17.3 Å². The van der Waals surface area contributed by atoms with Gasteiger partial charge in [0.05, 0.1) is 0 Å². The van der Waals surface area contributed by atoms with Gasteiger partial charge in [-0.2, -0.15) is 0 Å². The number of aromatic nitrogens is 1. The number of anilines is 1. The van der Waals surface area contributed by atoms with E-state index in [2.05, 4.69) is 31.1 Å². The van der Waals surface area contributed by atoms with Crippen LogP contribution >= 0.6 is 11.6 Å². The largest absolute Gasteiger partial charge is 0.384 e. The molecule has 84 valence electrons. The van der Waals surface area contributed by atoms with Crippen molar-refractivity contribution in [1.82, 2.24) is 4.98 Å². The molecule has 0 spiro atoms. The maximum absolute atomic E-state index is 5.76. The molecule has 1 N–H and O–H groups in total. The molecule has 0 saturated heterocycles. The summed E-state index contributed by atoms with van der Waals surface area (Å²) >= 11 is 5.76. The predicted octanol–water partition coefficient (Wildman–Crippen LogP) is 3.46. The molecule has 0 aliphatic heterocycles. The van der Waals surface area contributed by atoms with Crippen molar-refractivity contribution in [1.29, 1.82) is 0 Å². The highest BCUT2D eigenvalue weighted by Gasteiger charge is 2.16. The van der Waals surface area contributed by atoms with Crippen LogP contribution in [-0.2, 0) is 0 Å². The third kappa shape index (κ3) is 4.08. The van der Waals surface area contributed by atoms with Gasteiger partial charge in [0.25, 0.3) is 0 Å². The molecule has 0 amide bonds. The van der Waals surface area contributed by atoms with Gasteiger partial charge >= 0.3 is 0 Å². The molecule has 1 heterocycles. The monoisotopic (exact) mass is 226 g/mol. The van der Waals surface area contributed by atoms with Crippen LogP contribution < -0.4 is 5.32 Å². The fraction of sp³-hybridized carbons (Fsp3) is 0.583. The van der Waals surface area contributed by atoms with Crippen LogP contribution in [-0.4, -0.2) is 17.4 Å². The molecule has 0 atom stereocenters. The molecule has 0 aliphatic rings. The van der Waals surface area contributed by atoms with Crippen LogP contribution in [0.2, 0.25) is 0 Å². The number of pyridine rings is 1. The van der Waals surface area contributed by atoms with Crippen molar-refractivity contribution in [3.63, 3.8) is 0 Å². The zero-order valence-electron chi connectivity index (χ0n) is 9.68. The van der Waals surface area contributed by atoms with Gasteiger partial charge in [0.1, 0.15) is 0 Å². The Morgan fingerprint density at radius 3 is 2.80 bits per heavy atom. The Labute approximate surface area is 97.1 Å². The number of rotatable bonds is 5. The zero-order valence-corrected chi connectivity index (χ0v) is 10.4. The second-order valence-corrected chi connectivity index (χ2v) is 5.03.